The molecule has 0 amide bonds. The second-order valence-electron chi connectivity index (χ2n) is 6.47. The van der Waals surface area contributed by atoms with E-state index in [-0.39, 0.29) is 5.63 Å². The number of para-hydroxylation sites is 1. The quantitative estimate of drug-likeness (QED) is 0.347. The first-order valence-electron chi connectivity index (χ1n) is 8.92. The average molecular weight is 381 g/mol. The number of benzene rings is 3. The molecule has 0 bridgehead atoms. The Morgan fingerprint density at radius 3 is 2.25 bits per heavy atom. The minimum Gasteiger partial charge on any atom is -0.422 e. The third-order valence-electron chi connectivity index (χ3n) is 4.66. The van der Waals surface area contributed by atoms with Crippen molar-refractivity contribution in [2.75, 3.05) is 0 Å². The van der Waals surface area contributed by atoms with Crippen LogP contribution in [0.2, 0.25) is 0 Å². The first-order chi connectivity index (χ1) is 13.8. The number of hydrogen-bond acceptors (Lipinski definition) is 4. The molecule has 134 valence electrons. The molecule has 0 spiro atoms. The van der Waals surface area contributed by atoms with Crippen LogP contribution in [0, 0.1) is 0 Å². The third kappa shape index (κ3) is 3.04. The van der Waals surface area contributed by atoms with Crippen molar-refractivity contribution < 1.29 is 4.42 Å². The van der Waals surface area contributed by atoms with E-state index in [1.165, 1.54) is 16.9 Å². The zero-order valence-corrected chi connectivity index (χ0v) is 15.6. The molecular formula is C24H15NO2S. The normalized spacial score (nSPS) is 11.0. The highest BCUT2D eigenvalue weighted by atomic mass is 32.1. The van der Waals surface area contributed by atoms with Gasteiger partial charge in [-0.3, -0.25) is 0 Å². The molecule has 2 heterocycles. The molecule has 5 rings (SSSR count). The average Bonchev–Trinajstić information content (AvgIpc) is 3.24. The van der Waals surface area contributed by atoms with Crippen LogP contribution < -0.4 is 5.63 Å². The lowest BCUT2D eigenvalue weighted by Gasteiger charge is -2.02. The van der Waals surface area contributed by atoms with E-state index in [2.05, 4.69) is 41.4 Å². The number of fused-ring (bicyclic) bond motifs is 1. The fraction of sp³-hybridized carbons (Fsp3) is 0. The van der Waals surface area contributed by atoms with E-state index in [1.54, 1.807) is 6.07 Å². The molecule has 0 aliphatic carbocycles. The molecule has 5 aromatic rings. The summed E-state index contributed by atoms with van der Waals surface area (Å²) in [5.74, 6) is 0. The summed E-state index contributed by atoms with van der Waals surface area (Å²) < 4.78 is 5.44. The summed E-state index contributed by atoms with van der Waals surface area (Å²) in [5, 5.41) is 3.67. The van der Waals surface area contributed by atoms with Gasteiger partial charge in [0.15, 0.2) is 0 Å². The molecule has 0 saturated heterocycles. The Bertz CT molecular complexity index is 1320. The van der Waals surface area contributed by atoms with Gasteiger partial charge in [-0.1, -0.05) is 72.8 Å². The van der Waals surface area contributed by atoms with E-state index in [9.17, 15) is 4.79 Å². The smallest absolute Gasteiger partial charge is 0.345 e. The molecule has 3 nitrogen and oxygen atoms in total. The van der Waals surface area contributed by atoms with Crippen molar-refractivity contribution in [1.82, 2.24) is 4.98 Å². The first-order valence-corrected chi connectivity index (χ1v) is 9.80. The standard InChI is InChI=1S/C24H15NO2S/c26-24-20(14-19-8-4-5-9-22(19)27-24)21-15-28-23(25-21)18-12-10-17(11-13-18)16-6-2-1-3-7-16/h1-15H. The van der Waals surface area contributed by atoms with Crippen molar-refractivity contribution in [3.63, 3.8) is 0 Å². The van der Waals surface area contributed by atoms with Crippen molar-refractivity contribution in [1.29, 1.82) is 0 Å². The molecule has 0 saturated carbocycles. The van der Waals surface area contributed by atoms with Gasteiger partial charge < -0.3 is 4.42 Å². The monoisotopic (exact) mass is 381 g/mol. The Balaban J connectivity index is 1.50. The molecule has 0 N–H and O–H groups in total. The maximum Gasteiger partial charge on any atom is 0.345 e. The van der Waals surface area contributed by atoms with E-state index in [0.717, 1.165) is 21.5 Å². The Labute approximate surface area is 165 Å². The van der Waals surface area contributed by atoms with Crippen molar-refractivity contribution in [2.45, 2.75) is 0 Å². The van der Waals surface area contributed by atoms with E-state index < -0.39 is 0 Å². The molecule has 2 aromatic heterocycles. The highest BCUT2D eigenvalue weighted by Crippen LogP contribution is 2.30. The van der Waals surface area contributed by atoms with Gasteiger partial charge in [0.05, 0.1) is 11.3 Å². The number of rotatable bonds is 3. The van der Waals surface area contributed by atoms with Crippen molar-refractivity contribution in [2.24, 2.45) is 0 Å². The number of thiazole rings is 1. The number of nitrogens with zero attached hydrogens (tertiary/aromatic N) is 1. The first kappa shape index (κ1) is 16.7. The summed E-state index contributed by atoms with van der Waals surface area (Å²) in [4.78, 5) is 17.1. The molecule has 0 fully saturated rings. The van der Waals surface area contributed by atoms with Crippen LogP contribution in [0.25, 0.3) is 43.9 Å². The zero-order chi connectivity index (χ0) is 18.9. The molecule has 0 aliphatic rings. The second-order valence-corrected chi connectivity index (χ2v) is 7.32. The van der Waals surface area contributed by atoms with Gasteiger partial charge in [-0.05, 0) is 23.3 Å². The van der Waals surface area contributed by atoms with E-state index in [1.807, 2.05) is 47.8 Å². The fourth-order valence-corrected chi connectivity index (χ4v) is 4.03. The van der Waals surface area contributed by atoms with Gasteiger partial charge in [0, 0.05) is 16.3 Å². The largest absolute Gasteiger partial charge is 0.422 e. The minimum atomic E-state index is -0.366. The number of hydrogen-bond donors (Lipinski definition) is 0. The summed E-state index contributed by atoms with van der Waals surface area (Å²) in [6.07, 6.45) is 0. The van der Waals surface area contributed by atoms with Gasteiger partial charge in [0.25, 0.3) is 0 Å². The highest BCUT2D eigenvalue weighted by Gasteiger charge is 2.12. The molecule has 0 aliphatic heterocycles. The van der Waals surface area contributed by atoms with E-state index in [0.29, 0.717) is 16.8 Å². The van der Waals surface area contributed by atoms with Crippen LogP contribution in [0.4, 0.5) is 0 Å². The maximum atomic E-state index is 12.4. The minimum absolute atomic E-state index is 0.366. The topological polar surface area (TPSA) is 43.1 Å². The van der Waals surface area contributed by atoms with Crippen LogP contribution in [-0.4, -0.2) is 4.98 Å². The summed E-state index contributed by atoms with van der Waals surface area (Å²) in [5.41, 5.74) is 4.73. The highest BCUT2D eigenvalue weighted by molar-refractivity contribution is 7.13. The summed E-state index contributed by atoms with van der Waals surface area (Å²) in [7, 11) is 0. The van der Waals surface area contributed by atoms with Gasteiger partial charge >= 0.3 is 5.63 Å². The molecule has 3 aromatic carbocycles. The molecule has 0 radical (unpaired) electrons. The van der Waals surface area contributed by atoms with Crippen LogP contribution >= 0.6 is 11.3 Å². The van der Waals surface area contributed by atoms with Gasteiger partial charge in [0.2, 0.25) is 0 Å². The van der Waals surface area contributed by atoms with Crippen molar-refractivity contribution in [3.8, 4) is 33.0 Å². The summed E-state index contributed by atoms with van der Waals surface area (Å²) in [6.45, 7) is 0. The van der Waals surface area contributed by atoms with Crippen LogP contribution in [-0.2, 0) is 0 Å². The van der Waals surface area contributed by atoms with E-state index >= 15 is 0 Å². The van der Waals surface area contributed by atoms with Gasteiger partial charge in [0.1, 0.15) is 10.6 Å². The predicted molar refractivity (Wildman–Crippen MR) is 114 cm³/mol. The van der Waals surface area contributed by atoms with Crippen LogP contribution in [0.5, 0.6) is 0 Å². The van der Waals surface area contributed by atoms with Gasteiger partial charge in [-0.2, -0.15) is 0 Å². The molecule has 0 atom stereocenters. The van der Waals surface area contributed by atoms with Crippen LogP contribution in [0.15, 0.2) is 99.5 Å². The maximum absolute atomic E-state index is 12.4. The summed E-state index contributed by atoms with van der Waals surface area (Å²) in [6, 6.07) is 27.9. The molecular weight excluding hydrogens is 366 g/mol. The second kappa shape index (κ2) is 6.91. The van der Waals surface area contributed by atoms with Crippen molar-refractivity contribution in [3.05, 3.63) is 101 Å². The van der Waals surface area contributed by atoms with Crippen molar-refractivity contribution >= 4 is 22.3 Å². The number of aromatic nitrogens is 1. The Morgan fingerprint density at radius 2 is 1.43 bits per heavy atom. The summed E-state index contributed by atoms with van der Waals surface area (Å²) >= 11 is 1.52. The Morgan fingerprint density at radius 1 is 0.750 bits per heavy atom. The molecule has 28 heavy (non-hydrogen) atoms. The Hall–Kier alpha value is -3.50. The lowest BCUT2D eigenvalue weighted by molar-refractivity contribution is 0.563. The lowest BCUT2D eigenvalue weighted by atomic mass is 10.0. The zero-order valence-electron chi connectivity index (χ0n) is 14.8. The lowest BCUT2D eigenvalue weighted by Crippen LogP contribution is -2.02. The van der Waals surface area contributed by atoms with Crippen LogP contribution in [0.3, 0.4) is 0 Å². The molecule has 0 unspecified atom stereocenters. The van der Waals surface area contributed by atoms with Crippen LogP contribution in [0.1, 0.15) is 0 Å². The fourth-order valence-electron chi connectivity index (χ4n) is 3.21. The Kier molecular flexibility index (Phi) is 4.11. The third-order valence-corrected chi connectivity index (χ3v) is 5.55. The SMILES string of the molecule is O=c1oc2ccccc2cc1-c1csc(-c2ccc(-c3ccccc3)cc2)n1. The van der Waals surface area contributed by atoms with Gasteiger partial charge in [-0.25, -0.2) is 9.78 Å². The van der Waals surface area contributed by atoms with Gasteiger partial charge in [-0.15, -0.1) is 11.3 Å². The predicted octanol–water partition coefficient (Wildman–Crippen LogP) is 6.25. The molecule has 4 heteroatoms. The van der Waals surface area contributed by atoms with E-state index in [4.69, 9.17) is 4.42 Å².